The Morgan fingerprint density at radius 2 is 1.94 bits per heavy atom. The van der Waals surface area contributed by atoms with Crippen LogP contribution in [0, 0.1) is 0 Å². The lowest BCUT2D eigenvalue weighted by molar-refractivity contribution is -0.0236. The third-order valence-corrected chi connectivity index (χ3v) is 3.29. The van der Waals surface area contributed by atoms with E-state index in [9.17, 15) is 5.11 Å². The summed E-state index contributed by atoms with van der Waals surface area (Å²) in [6.07, 6.45) is 6.31. The maximum atomic E-state index is 9.74. The molecular formula is C13H27NO3. The smallest absolute Gasteiger partial charge is 0.0897 e. The molecule has 1 aliphatic rings. The zero-order valence-corrected chi connectivity index (χ0v) is 11.2. The fraction of sp³-hybridized carbons (Fsp3) is 1.00. The zero-order chi connectivity index (χ0) is 12.5. The van der Waals surface area contributed by atoms with Crippen LogP contribution in [0.5, 0.6) is 0 Å². The fourth-order valence-corrected chi connectivity index (χ4v) is 2.07. The van der Waals surface area contributed by atoms with Gasteiger partial charge < -0.3 is 19.9 Å². The van der Waals surface area contributed by atoms with Crippen molar-refractivity contribution in [2.24, 2.45) is 0 Å². The molecule has 0 aromatic heterocycles. The first-order chi connectivity index (χ1) is 8.22. The van der Waals surface area contributed by atoms with E-state index in [4.69, 9.17) is 9.47 Å². The quantitative estimate of drug-likeness (QED) is 0.677. The molecule has 2 N–H and O–H groups in total. The van der Waals surface area contributed by atoms with E-state index in [1.165, 1.54) is 19.3 Å². The highest BCUT2D eigenvalue weighted by Crippen LogP contribution is 2.20. The average Bonchev–Trinajstić information content (AvgIpc) is 2.37. The van der Waals surface area contributed by atoms with Crippen LogP contribution in [0.2, 0.25) is 0 Å². The number of ether oxygens (including phenoxy) is 2. The van der Waals surface area contributed by atoms with Gasteiger partial charge >= 0.3 is 0 Å². The number of aliphatic hydroxyl groups excluding tert-OH is 1. The van der Waals surface area contributed by atoms with Crippen molar-refractivity contribution in [2.45, 2.75) is 57.3 Å². The average molecular weight is 245 g/mol. The summed E-state index contributed by atoms with van der Waals surface area (Å²) in [5.41, 5.74) is 0. The molecular weight excluding hydrogens is 218 g/mol. The van der Waals surface area contributed by atoms with Gasteiger partial charge in [0.15, 0.2) is 0 Å². The first-order valence-corrected chi connectivity index (χ1v) is 6.75. The van der Waals surface area contributed by atoms with E-state index in [1.807, 2.05) is 6.92 Å². The second-order valence-electron chi connectivity index (χ2n) is 4.95. The summed E-state index contributed by atoms with van der Waals surface area (Å²) in [5, 5.41) is 12.9. The lowest BCUT2D eigenvalue weighted by atomic mass is 9.98. The van der Waals surface area contributed by atoms with Crippen LogP contribution in [0.3, 0.4) is 0 Å². The number of hydrogen-bond donors (Lipinski definition) is 2. The van der Waals surface area contributed by atoms with E-state index in [1.54, 1.807) is 7.11 Å². The van der Waals surface area contributed by atoms with Crippen molar-refractivity contribution in [3.8, 4) is 0 Å². The number of methoxy groups -OCH3 is 1. The molecule has 1 rings (SSSR count). The van der Waals surface area contributed by atoms with Gasteiger partial charge in [-0.2, -0.15) is 0 Å². The van der Waals surface area contributed by atoms with Crippen LogP contribution in [0.1, 0.15) is 39.0 Å². The van der Waals surface area contributed by atoms with Gasteiger partial charge in [-0.25, -0.2) is 0 Å². The molecule has 0 aromatic rings. The summed E-state index contributed by atoms with van der Waals surface area (Å²) < 4.78 is 10.8. The molecule has 17 heavy (non-hydrogen) atoms. The minimum absolute atomic E-state index is 0.182. The van der Waals surface area contributed by atoms with Crippen molar-refractivity contribution >= 4 is 0 Å². The minimum atomic E-state index is -0.416. The maximum Gasteiger partial charge on any atom is 0.0897 e. The fourth-order valence-electron chi connectivity index (χ4n) is 2.07. The van der Waals surface area contributed by atoms with Crippen LogP contribution in [-0.4, -0.2) is 50.2 Å². The Balaban J connectivity index is 1.98. The molecule has 0 radical (unpaired) electrons. The summed E-state index contributed by atoms with van der Waals surface area (Å²) in [7, 11) is 1.69. The number of rotatable bonds is 8. The predicted octanol–water partition coefficient (Wildman–Crippen LogP) is 1.32. The van der Waals surface area contributed by atoms with Crippen LogP contribution in [-0.2, 0) is 9.47 Å². The summed E-state index contributed by atoms with van der Waals surface area (Å²) >= 11 is 0. The number of nitrogens with one attached hydrogen (secondary N) is 1. The van der Waals surface area contributed by atoms with Gasteiger partial charge in [0.25, 0.3) is 0 Å². The molecule has 0 spiro atoms. The Morgan fingerprint density at radius 3 is 2.59 bits per heavy atom. The molecule has 1 saturated carbocycles. The SMILES string of the molecule is COC(C)CNCC(O)COC1CCCCC1. The third kappa shape index (κ3) is 6.99. The molecule has 0 aliphatic heterocycles. The third-order valence-electron chi connectivity index (χ3n) is 3.29. The molecule has 102 valence electrons. The van der Waals surface area contributed by atoms with Crippen molar-refractivity contribution in [3.63, 3.8) is 0 Å². The van der Waals surface area contributed by atoms with Crippen LogP contribution in [0.4, 0.5) is 0 Å². The van der Waals surface area contributed by atoms with Gasteiger partial charge in [-0.1, -0.05) is 19.3 Å². The van der Waals surface area contributed by atoms with Gasteiger partial charge in [0.2, 0.25) is 0 Å². The molecule has 1 fully saturated rings. The second-order valence-corrected chi connectivity index (χ2v) is 4.95. The Labute approximate surface area is 105 Å². The van der Waals surface area contributed by atoms with Gasteiger partial charge in [0, 0.05) is 20.2 Å². The monoisotopic (exact) mass is 245 g/mol. The number of hydrogen-bond acceptors (Lipinski definition) is 4. The van der Waals surface area contributed by atoms with E-state index in [0.29, 0.717) is 19.3 Å². The van der Waals surface area contributed by atoms with Crippen LogP contribution >= 0.6 is 0 Å². The number of aliphatic hydroxyl groups is 1. The van der Waals surface area contributed by atoms with Crippen molar-refractivity contribution in [3.05, 3.63) is 0 Å². The molecule has 0 heterocycles. The Morgan fingerprint density at radius 1 is 1.24 bits per heavy atom. The Hall–Kier alpha value is -0.160. The first-order valence-electron chi connectivity index (χ1n) is 6.75. The molecule has 2 unspecified atom stereocenters. The molecule has 2 atom stereocenters. The summed E-state index contributed by atoms with van der Waals surface area (Å²) in [6.45, 7) is 3.77. The predicted molar refractivity (Wildman–Crippen MR) is 68.2 cm³/mol. The van der Waals surface area contributed by atoms with E-state index >= 15 is 0 Å². The topological polar surface area (TPSA) is 50.7 Å². The van der Waals surface area contributed by atoms with Gasteiger partial charge in [0.1, 0.15) is 0 Å². The summed E-state index contributed by atoms with van der Waals surface area (Å²) in [5.74, 6) is 0. The normalized spacial score (nSPS) is 21.4. The van der Waals surface area contributed by atoms with Gasteiger partial charge in [0.05, 0.1) is 24.9 Å². The molecule has 0 saturated heterocycles. The van der Waals surface area contributed by atoms with Crippen molar-refractivity contribution in [2.75, 3.05) is 26.8 Å². The van der Waals surface area contributed by atoms with E-state index in [2.05, 4.69) is 5.32 Å². The molecule has 4 heteroatoms. The molecule has 1 aliphatic carbocycles. The van der Waals surface area contributed by atoms with Crippen LogP contribution in [0.25, 0.3) is 0 Å². The Bertz CT molecular complexity index is 184. The van der Waals surface area contributed by atoms with Crippen molar-refractivity contribution < 1.29 is 14.6 Å². The van der Waals surface area contributed by atoms with Gasteiger partial charge in [-0.3, -0.25) is 0 Å². The molecule has 4 nitrogen and oxygen atoms in total. The van der Waals surface area contributed by atoms with Crippen molar-refractivity contribution in [1.82, 2.24) is 5.32 Å². The van der Waals surface area contributed by atoms with E-state index in [0.717, 1.165) is 19.4 Å². The molecule has 0 aromatic carbocycles. The van der Waals surface area contributed by atoms with E-state index in [-0.39, 0.29) is 6.10 Å². The lowest BCUT2D eigenvalue weighted by Gasteiger charge is -2.23. The Kier molecular flexibility index (Phi) is 7.77. The first kappa shape index (κ1) is 14.9. The molecule has 0 bridgehead atoms. The van der Waals surface area contributed by atoms with Crippen LogP contribution in [0.15, 0.2) is 0 Å². The summed E-state index contributed by atoms with van der Waals surface area (Å²) in [4.78, 5) is 0. The highest BCUT2D eigenvalue weighted by atomic mass is 16.5. The summed E-state index contributed by atoms with van der Waals surface area (Å²) in [6, 6.07) is 0. The van der Waals surface area contributed by atoms with Crippen LogP contribution < -0.4 is 5.32 Å². The van der Waals surface area contributed by atoms with Gasteiger partial charge in [-0.15, -0.1) is 0 Å². The lowest BCUT2D eigenvalue weighted by Crippen LogP contribution is -2.36. The van der Waals surface area contributed by atoms with E-state index < -0.39 is 6.10 Å². The zero-order valence-electron chi connectivity index (χ0n) is 11.2. The highest BCUT2D eigenvalue weighted by Gasteiger charge is 2.15. The molecule has 0 amide bonds. The van der Waals surface area contributed by atoms with Crippen molar-refractivity contribution in [1.29, 1.82) is 0 Å². The van der Waals surface area contributed by atoms with Gasteiger partial charge in [-0.05, 0) is 19.8 Å². The standard InChI is InChI=1S/C13H27NO3/c1-11(16-2)8-14-9-12(15)10-17-13-6-4-3-5-7-13/h11-15H,3-10H2,1-2H3. The largest absolute Gasteiger partial charge is 0.389 e. The minimum Gasteiger partial charge on any atom is -0.389 e. The maximum absolute atomic E-state index is 9.74. The second kappa shape index (κ2) is 8.86. The highest BCUT2D eigenvalue weighted by molar-refractivity contribution is 4.67.